The van der Waals surface area contributed by atoms with Gasteiger partial charge in [-0.3, -0.25) is 0 Å². The lowest BCUT2D eigenvalue weighted by Crippen LogP contribution is -2.14. The maximum absolute atomic E-state index is 14.0. The largest absolute Gasteiger partial charge is 0.497 e. The van der Waals surface area contributed by atoms with Crippen LogP contribution in [-0.4, -0.2) is 34.0 Å². The van der Waals surface area contributed by atoms with E-state index in [2.05, 4.69) is 15.1 Å². The summed E-state index contributed by atoms with van der Waals surface area (Å²) in [6.07, 6.45) is -4.76. The predicted octanol–water partition coefficient (Wildman–Crippen LogP) is 7.15. The van der Waals surface area contributed by atoms with Crippen molar-refractivity contribution < 1.29 is 27.0 Å². The molecule has 0 bridgehead atoms. The van der Waals surface area contributed by atoms with E-state index in [9.17, 15) is 17.6 Å². The molecule has 0 radical (unpaired) electrons. The van der Waals surface area contributed by atoms with Gasteiger partial charge < -0.3 is 9.47 Å². The molecule has 0 saturated heterocycles. The number of hydrogen-bond acceptors (Lipinski definition) is 5. The van der Waals surface area contributed by atoms with Gasteiger partial charge in [0.05, 0.1) is 31.3 Å². The number of nitrogens with zero attached hydrogens (tertiary/aromatic N) is 4. The average Bonchev–Trinajstić information content (AvgIpc) is 3.29. The van der Waals surface area contributed by atoms with Crippen LogP contribution in [0.3, 0.4) is 0 Å². The number of aromatic nitrogens is 4. The topological polar surface area (TPSA) is 62.1 Å². The molecule has 39 heavy (non-hydrogen) atoms. The molecule has 0 atom stereocenters. The standard InChI is InChI=1S/C29H22F4N4O2/c1-17-26(19-6-12-22(38-2)13-7-19)36-37(27(17)20-8-14-23(39-3)15-9-20)28-34-24(16-25(35-28)29(31,32)33)18-4-10-21(30)11-5-18/h4-16H,1-3H3. The third kappa shape index (κ3) is 5.18. The van der Waals surface area contributed by atoms with Crippen molar-refractivity contribution in [2.75, 3.05) is 14.2 Å². The second kappa shape index (κ2) is 10.2. The van der Waals surface area contributed by atoms with Crippen LogP contribution >= 0.6 is 0 Å². The molecule has 2 heterocycles. The number of halogens is 4. The highest BCUT2D eigenvalue weighted by molar-refractivity contribution is 5.76. The van der Waals surface area contributed by atoms with Crippen molar-refractivity contribution >= 4 is 0 Å². The van der Waals surface area contributed by atoms with Gasteiger partial charge in [0.1, 0.15) is 17.3 Å². The van der Waals surface area contributed by atoms with E-state index >= 15 is 0 Å². The van der Waals surface area contributed by atoms with Crippen LogP contribution < -0.4 is 9.47 Å². The molecule has 5 aromatic rings. The van der Waals surface area contributed by atoms with Crippen LogP contribution in [0.4, 0.5) is 17.6 Å². The van der Waals surface area contributed by atoms with Crippen molar-refractivity contribution in [3.05, 3.63) is 95.9 Å². The van der Waals surface area contributed by atoms with E-state index in [0.29, 0.717) is 39.6 Å². The lowest BCUT2D eigenvalue weighted by atomic mass is 10.0. The highest BCUT2D eigenvalue weighted by atomic mass is 19.4. The monoisotopic (exact) mass is 534 g/mol. The average molecular weight is 535 g/mol. The molecule has 0 aliphatic heterocycles. The van der Waals surface area contributed by atoms with Gasteiger partial charge in [0.25, 0.3) is 5.95 Å². The molecular formula is C29H22F4N4O2. The lowest BCUT2D eigenvalue weighted by molar-refractivity contribution is -0.141. The minimum Gasteiger partial charge on any atom is -0.497 e. The van der Waals surface area contributed by atoms with E-state index in [1.807, 2.05) is 19.1 Å². The zero-order valence-electron chi connectivity index (χ0n) is 21.1. The van der Waals surface area contributed by atoms with Gasteiger partial charge in [-0.05, 0) is 85.8 Å². The van der Waals surface area contributed by atoms with Crippen LogP contribution in [0, 0.1) is 12.7 Å². The number of rotatable bonds is 6. The Hall–Kier alpha value is -4.73. The quantitative estimate of drug-likeness (QED) is 0.217. The molecule has 3 aromatic carbocycles. The van der Waals surface area contributed by atoms with Gasteiger partial charge in [0.15, 0.2) is 5.69 Å². The molecule has 198 valence electrons. The molecular weight excluding hydrogens is 512 g/mol. The summed E-state index contributed by atoms with van der Waals surface area (Å²) >= 11 is 0. The minimum absolute atomic E-state index is 0.0212. The molecule has 0 amide bonds. The zero-order chi connectivity index (χ0) is 27.7. The molecule has 10 heteroatoms. The van der Waals surface area contributed by atoms with Crippen molar-refractivity contribution in [1.82, 2.24) is 19.7 Å². The van der Waals surface area contributed by atoms with Crippen LogP contribution in [0.2, 0.25) is 0 Å². The van der Waals surface area contributed by atoms with Crippen molar-refractivity contribution in [1.29, 1.82) is 0 Å². The molecule has 0 fully saturated rings. The van der Waals surface area contributed by atoms with Crippen molar-refractivity contribution in [3.63, 3.8) is 0 Å². The predicted molar refractivity (Wildman–Crippen MR) is 138 cm³/mol. The van der Waals surface area contributed by atoms with Crippen LogP contribution in [0.15, 0.2) is 78.9 Å². The summed E-state index contributed by atoms with van der Waals surface area (Å²) < 4.78 is 67.2. The maximum atomic E-state index is 14.0. The Kier molecular flexibility index (Phi) is 6.78. The fourth-order valence-electron chi connectivity index (χ4n) is 4.19. The Bertz CT molecular complexity index is 1610. The van der Waals surface area contributed by atoms with E-state index < -0.39 is 17.7 Å². The second-order valence-electron chi connectivity index (χ2n) is 8.63. The van der Waals surface area contributed by atoms with Gasteiger partial charge in [0.2, 0.25) is 0 Å². The fraction of sp³-hybridized carbons (Fsp3) is 0.138. The summed E-state index contributed by atoms with van der Waals surface area (Å²) in [5, 5.41) is 4.69. The first-order valence-corrected chi connectivity index (χ1v) is 11.8. The Morgan fingerprint density at radius 2 is 1.26 bits per heavy atom. The summed E-state index contributed by atoms with van der Waals surface area (Å²) in [4.78, 5) is 8.29. The summed E-state index contributed by atoms with van der Waals surface area (Å²) in [7, 11) is 3.10. The highest BCUT2D eigenvalue weighted by Crippen LogP contribution is 2.36. The van der Waals surface area contributed by atoms with E-state index in [1.165, 1.54) is 16.8 Å². The smallest absolute Gasteiger partial charge is 0.433 e. The molecule has 6 nitrogen and oxygen atoms in total. The Balaban J connectivity index is 1.76. The minimum atomic E-state index is -4.76. The molecule has 2 aromatic heterocycles. The Labute approximate surface area is 221 Å². The van der Waals surface area contributed by atoms with E-state index in [4.69, 9.17) is 9.47 Å². The second-order valence-corrected chi connectivity index (χ2v) is 8.63. The molecule has 0 N–H and O–H groups in total. The normalized spacial score (nSPS) is 11.5. The first-order valence-electron chi connectivity index (χ1n) is 11.8. The van der Waals surface area contributed by atoms with Gasteiger partial charge in [-0.25, -0.2) is 14.4 Å². The number of methoxy groups -OCH3 is 2. The number of hydrogen-bond donors (Lipinski definition) is 0. The van der Waals surface area contributed by atoms with Crippen molar-refractivity contribution in [2.24, 2.45) is 0 Å². The van der Waals surface area contributed by atoms with Gasteiger partial charge >= 0.3 is 6.18 Å². The van der Waals surface area contributed by atoms with E-state index in [-0.39, 0.29) is 11.6 Å². The summed E-state index contributed by atoms with van der Waals surface area (Å²) in [6, 6.07) is 20.1. The van der Waals surface area contributed by atoms with Crippen LogP contribution in [-0.2, 0) is 6.18 Å². The first kappa shape index (κ1) is 25.9. The van der Waals surface area contributed by atoms with Gasteiger partial charge in [-0.2, -0.15) is 23.0 Å². The molecule has 5 rings (SSSR count). The third-order valence-electron chi connectivity index (χ3n) is 6.18. The van der Waals surface area contributed by atoms with E-state index in [1.54, 1.807) is 50.6 Å². The molecule has 0 aliphatic carbocycles. The van der Waals surface area contributed by atoms with Gasteiger partial charge in [-0.1, -0.05) is 0 Å². The third-order valence-corrected chi connectivity index (χ3v) is 6.18. The van der Waals surface area contributed by atoms with E-state index in [0.717, 1.165) is 23.8 Å². The fourth-order valence-corrected chi connectivity index (χ4v) is 4.19. The Morgan fingerprint density at radius 1 is 0.718 bits per heavy atom. The SMILES string of the molecule is COc1ccc(-c2nn(-c3nc(-c4ccc(F)cc4)cc(C(F)(F)F)n3)c(-c3ccc(OC)cc3)c2C)cc1. The first-order chi connectivity index (χ1) is 18.7. The lowest BCUT2D eigenvalue weighted by Gasteiger charge is -2.13. The molecule has 0 aliphatic rings. The van der Waals surface area contributed by atoms with Gasteiger partial charge in [0, 0.05) is 22.3 Å². The Morgan fingerprint density at radius 3 is 1.79 bits per heavy atom. The van der Waals surface area contributed by atoms with Gasteiger partial charge in [-0.15, -0.1) is 0 Å². The molecule has 0 unspecified atom stereocenters. The highest BCUT2D eigenvalue weighted by Gasteiger charge is 2.34. The number of ether oxygens (including phenoxy) is 2. The van der Waals surface area contributed by atoms with Crippen LogP contribution in [0.1, 0.15) is 11.3 Å². The summed E-state index contributed by atoms with van der Waals surface area (Å²) in [5.74, 6) is 0.471. The summed E-state index contributed by atoms with van der Waals surface area (Å²) in [6.45, 7) is 1.83. The van der Waals surface area contributed by atoms with Crippen LogP contribution in [0.25, 0.3) is 39.7 Å². The number of alkyl halides is 3. The molecule has 0 saturated carbocycles. The molecule has 0 spiro atoms. The summed E-state index contributed by atoms with van der Waals surface area (Å²) in [5.41, 5.74) is 2.28. The van der Waals surface area contributed by atoms with Crippen molar-refractivity contribution in [3.8, 4) is 51.2 Å². The van der Waals surface area contributed by atoms with Crippen LogP contribution in [0.5, 0.6) is 11.5 Å². The van der Waals surface area contributed by atoms with Crippen molar-refractivity contribution in [2.45, 2.75) is 13.1 Å². The zero-order valence-corrected chi connectivity index (χ0v) is 21.1. The number of benzene rings is 3. The maximum Gasteiger partial charge on any atom is 0.433 e.